The normalized spacial score (nSPS) is 17.8. The van der Waals surface area contributed by atoms with E-state index in [0.29, 0.717) is 38.0 Å². The fourth-order valence-electron chi connectivity index (χ4n) is 4.84. The number of nitrogens with two attached hydrogens (primary N) is 1. The van der Waals surface area contributed by atoms with Gasteiger partial charge in [0.1, 0.15) is 18.1 Å². The van der Waals surface area contributed by atoms with Crippen molar-refractivity contribution in [3.8, 4) is 0 Å². The monoisotopic (exact) mass is 545 g/mol. The molecule has 4 unspecified atom stereocenters. The summed E-state index contributed by atoms with van der Waals surface area (Å²) in [4.78, 5) is 56.2. The maximum atomic E-state index is 13.6. The Bertz CT molecular complexity index is 1140. The van der Waals surface area contributed by atoms with Gasteiger partial charge in [-0.05, 0) is 55.2 Å². The topological polar surface area (TPSA) is 158 Å². The maximum Gasteiger partial charge on any atom is 0.326 e. The van der Waals surface area contributed by atoms with Crippen LogP contribution >= 0.6 is 11.8 Å². The molecule has 10 nitrogen and oxygen atoms in total. The Hall–Kier alpha value is -3.05. The first-order valence-electron chi connectivity index (χ1n) is 13.1. The molecule has 1 aromatic heterocycles. The molecule has 3 rings (SSSR count). The van der Waals surface area contributed by atoms with Crippen molar-refractivity contribution in [3.63, 3.8) is 0 Å². The van der Waals surface area contributed by atoms with E-state index in [1.54, 1.807) is 11.8 Å². The predicted molar refractivity (Wildman–Crippen MR) is 149 cm³/mol. The van der Waals surface area contributed by atoms with Crippen LogP contribution in [0.5, 0.6) is 0 Å². The first-order valence-corrected chi connectivity index (χ1v) is 14.4. The van der Waals surface area contributed by atoms with Crippen molar-refractivity contribution < 1.29 is 24.3 Å². The summed E-state index contributed by atoms with van der Waals surface area (Å²) in [6.07, 6.45) is 5.72. The van der Waals surface area contributed by atoms with Gasteiger partial charge in [0.25, 0.3) is 0 Å². The molecule has 3 amide bonds. The maximum absolute atomic E-state index is 13.6. The number of para-hydroxylation sites is 1. The number of carbonyl (C=O) groups excluding carboxylic acids is 3. The molecule has 0 aliphatic carbocycles. The summed E-state index contributed by atoms with van der Waals surface area (Å²) in [5.74, 6) is -1.63. The Labute approximate surface area is 227 Å². The van der Waals surface area contributed by atoms with Crippen molar-refractivity contribution in [2.75, 3.05) is 18.6 Å². The van der Waals surface area contributed by atoms with Gasteiger partial charge in [-0.1, -0.05) is 32.0 Å². The minimum atomic E-state index is -1.05. The molecule has 2 aromatic rings. The number of thioether (sulfide) groups is 1. The Morgan fingerprint density at radius 1 is 1.16 bits per heavy atom. The van der Waals surface area contributed by atoms with Gasteiger partial charge < -0.3 is 31.4 Å². The average Bonchev–Trinajstić information content (AvgIpc) is 3.53. The predicted octanol–water partition coefficient (Wildman–Crippen LogP) is 1.88. The minimum absolute atomic E-state index is 0.0664. The average molecular weight is 546 g/mol. The van der Waals surface area contributed by atoms with E-state index in [2.05, 4.69) is 15.6 Å². The summed E-state index contributed by atoms with van der Waals surface area (Å²) in [6.45, 7) is 4.20. The number of amides is 3. The highest BCUT2D eigenvalue weighted by molar-refractivity contribution is 7.98. The van der Waals surface area contributed by atoms with E-state index in [9.17, 15) is 24.3 Å². The molecule has 11 heteroatoms. The molecular formula is C27H39N5O5S. The van der Waals surface area contributed by atoms with Gasteiger partial charge in [-0.15, -0.1) is 0 Å². The second-order valence-electron chi connectivity index (χ2n) is 10.2. The number of carboxylic acid groups (broad SMARTS) is 1. The van der Waals surface area contributed by atoms with Crippen LogP contribution in [-0.2, 0) is 25.6 Å². The van der Waals surface area contributed by atoms with E-state index in [4.69, 9.17) is 5.73 Å². The van der Waals surface area contributed by atoms with Crippen molar-refractivity contribution >= 4 is 46.4 Å². The Morgan fingerprint density at radius 3 is 2.55 bits per heavy atom. The minimum Gasteiger partial charge on any atom is -0.480 e. The van der Waals surface area contributed by atoms with Gasteiger partial charge in [0.15, 0.2) is 0 Å². The van der Waals surface area contributed by atoms with E-state index in [1.807, 2.05) is 50.6 Å². The van der Waals surface area contributed by atoms with E-state index in [1.165, 1.54) is 4.90 Å². The second kappa shape index (κ2) is 13.7. The highest BCUT2D eigenvalue weighted by Crippen LogP contribution is 2.22. The number of H-pyrrole nitrogens is 1. The number of aliphatic carboxylic acids is 1. The Kier molecular flexibility index (Phi) is 10.6. The van der Waals surface area contributed by atoms with Crippen LogP contribution in [0.2, 0.25) is 0 Å². The van der Waals surface area contributed by atoms with Crippen molar-refractivity contribution in [1.82, 2.24) is 20.5 Å². The lowest BCUT2D eigenvalue weighted by molar-refractivity contribution is -0.149. The standard InChI is InChI=1S/C27H39N5O5S/c1-16(2)13-22(26(35)32-11-6-9-23(32)27(36)37)31-25(34)21(30-24(33)19(28)10-12-38-3)14-17-15-29-20-8-5-4-7-18(17)20/h4-5,7-8,15-16,19,21-23,29H,6,9-14,28H2,1-3H3,(H,30,33)(H,31,34)(H,36,37). The first-order chi connectivity index (χ1) is 18.1. The lowest BCUT2D eigenvalue weighted by Crippen LogP contribution is -2.58. The Morgan fingerprint density at radius 2 is 1.87 bits per heavy atom. The molecule has 0 bridgehead atoms. The molecule has 6 N–H and O–H groups in total. The number of nitrogens with one attached hydrogen (secondary N) is 3. The third kappa shape index (κ3) is 7.50. The number of hydrogen-bond donors (Lipinski definition) is 5. The highest BCUT2D eigenvalue weighted by atomic mass is 32.2. The van der Waals surface area contributed by atoms with Crippen LogP contribution in [0.1, 0.15) is 45.1 Å². The zero-order chi connectivity index (χ0) is 27.8. The van der Waals surface area contributed by atoms with Crippen LogP contribution in [-0.4, -0.2) is 81.4 Å². The number of carbonyl (C=O) groups is 4. The number of aromatic amines is 1. The van der Waals surface area contributed by atoms with Crippen molar-refractivity contribution in [1.29, 1.82) is 0 Å². The molecule has 0 radical (unpaired) electrons. The van der Waals surface area contributed by atoms with Crippen LogP contribution in [0, 0.1) is 5.92 Å². The van der Waals surface area contributed by atoms with Crippen LogP contribution in [0.3, 0.4) is 0 Å². The number of nitrogens with zero attached hydrogens (tertiary/aromatic N) is 1. The molecule has 1 fully saturated rings. The number of likely N-dealkylation sites (tertiary alicyclic amines) is 1. The van der Waals surface area contributed by atoms with Gasteiger partial charge >= 0.3 is 5.97 Å². The molecule has 2 heterocycles. The summed E-state index contributed by atoms with van der Waals surface area (Å²) >= 11 is 1.58. The molecule has 1 aromatic carbocycles. The van der Waals surface area contributed by atoms with Gasteiger partial charge in [0.05, 0.1) is 6.04 Å². The number of aromatic nitrogens is 1. The van der Waals surface area contributed by atoms with Gasteiger partial charge in [-0.2, -0.15) is 11.8 Å². The summed E-state index contributed by atoms with van der Waals surface area (Å²) in [5.41, 5.74) is 7.83. The number of benzene rings is 1. The SMILES string of the molecule is CSCCC(N)C(=O)NC(Cc1c[nH]c2ccccc12)C(=O)NC(CC(C)C)C(=O)N1CCCC1C(=O)O. The van der Waals surface area contributed by atoms with Crippen molar-refractivity contribution in [3.05, 3.63) is 36.0 Å². The zero-order valence-corrected chi connectivity index (χ0v) is 23.1. The molecule has 4 atom stereocenters. The molecule has 1 saturated heterocycles. The zero-order valence-electron chi connectivity index (χ0n) is 22.2. The highest BCUT2D eigenvalue weighted by Gasteiger charge is 2.38. The van der Waals surface area contributed by atoms with E-state index in [-0.39, 0.29) is 12.3 Å². The van der Waals surface area contributed by atoms with Gasteiger partial charge in [0, 0.05) is 30.1 Å². The molecular weight excluding hydrogens is 506 g/mol. The number of fused-ring (bicyclic) bond motifs is 1. The summed E-state index contributed by atoms with van der Waals surface area (Å²) < 4.78 is 0. The van der Waals surface area contributed by atoms with Crippen LogP contribution in [0.25, 0.3) is 10.9 Å². The Balaban J connectivity index is 1.84. The fourth-order valence-corrected chi connectivity index (χ4v) is 5.33. The number of carboxylic acids is 1. The molecule has 38 heavy (non-hydrogen) atoms. The fraction of sp³-hybridized carbons (Fsp3) is 0.556. The number of hydrogen-bond acceptors (Lipinski definition) is 6. The van der Waals surface area contributed by atoms with Crippen LogP contribution in [0.15, 0.2) is 30.5 Å². The van der Waals surface area contributed by atoms with Crippen LogP contribution in [0.4, 0.5) is 0 Å². The van der Waals surface area contributed by atoms with Gasteiger partial charge in [0.2, 0.25) is 17.7 Å². The van der Waals surface area contributed by atoms with Gasteiger partial charge in [-0.25, -0.2) is 4.79 Å². The smallest absolute Gasteiger partial charge is 0.326 e. The van der Waals surface area contributed by atoms with E-state index < -0.39 is 47.9 Å². The quantitative estimate of drug-likeness (QED) is 0.257. The number of rotatable bonds is 13. The van der Waals surface area contributed by atoms with Gasteiger partial charge in [-0.3, -0.25) is 14.4 Å². The van der Waals surface area contributed by atoms with E-state index >= 15 is 0 Å². The second-order valence-corrected chi connectivity index (χ2v) is 11.2. The summed E-state index contributed by atoms with van der Waals surface area (Å²) in [7, 11) is 0. The third-order valence-electron chi connectivity index (χ3n) is 6.84. The summed E-state index contributed by atoms with van der Waals surface area (Å²) in [5, 5.41) is 16.1. The summed E-state index contributed by atoms with van der Waals surface area (Å²) in [6, 6.07) is 4.12. The molecule has 1 aliphatic heterocycles. The molecule has 0 saturated carbocycles. The lowest BCUT2D eigenvalue weighted by atomic mass is 10.00. The molecule has 208 valence electrons. The third-order valence-corrected chi connectivity index (χ3v) is 7.49. The van der Waals surface area contributed by atoms with Crippen molar-refractivity contribution in [2.24, 2.45) is 11.7 Å². The lowest BCUT2D eigenvalue weighted by Gasteiger charge is -2.29. The molecule has 0 spiro atoms. The largest absolute Gasteiger partial charge is 0.480 e. The first kappa shape index (κ1) is 29.5. The van der Waals surface area contributed by atoms with Crippen molar-refractivity contribution in [2.45, 2.75) is 70.1 Å². The van der Waals surface area contributed by atoms with E-state index in [0.717, 1.165) is 16.5 Å². The molecule has 1 aliphatic rings. The van der Waals surface area contributed by atoms with Crippen LogP contribution < -0.4 is 16.4 Å².